The summed E-state index contributed by atoms with van der Waals surface area (Å²) in [5.74, 6) is -4.61. The molecule has 2 rings (SSSR count). The molecule has 0 aliphatic carbocycles. The van der Waals surface area contributed by atoms with Crippen LogP contribution >= 0.6 is 0 Å². The monoisotopic (exact) mass is 302 g/mol. The van der Waals surface area contributed by atoms with Gasteiger partial charge in [0.25, 0.3) is 6.43 Å². The Morgan fingerprint density at radius 1 is 1.05 bits per heavy atom. The molecule has 112 valence electrons. The first-order valence-corrected chi connectivity index (χ1v) is 5.89. The number of aliphatic carboxylic acids is 1. The summed E-state index contributed by atoms with van der Waals surface area (Å²) >= 11 is 0. The van der Waals surface area contributed by atoms with Crippen molar-refractivity contribution >= 4 is 16.7 Å². The molecule has 0 heterocycles. The number of benzene rings is 2. The minimum absolute atomic E-state index is 0.142. The predicted octanol–water partition coefficient (Wildman–Crippen LogP) is 3.87. The molecule has 0 spiro atoms. The van der Waals surface area contributed by atoms with Crippen LogP contribution in [-0.4, -0.2) is 24.1 Å². The second kappa shape index (κ2) is 5.99. The first-order valence-electron chi connectivity index (χ1n) is 5.89. The number of ether oxygens (including phenoxy) is 1. The first kappa shape index (κ1) is 15.1. The van der Waals surface area contributed by atoms with Crippen LogP contribution in [0.2, 0.25) is 0 Å². The molecule has 0 saturated carbocycles. The SMILES string of the molecule is O=C(O)C(c1c(OC(F)F)ccc2ccccc12)C(F)F. The Balaban J connectivity index is 2.73. The van der Waals surface area contributed by atoms with Gasteiger partial charge in [-0.3, -0.25) is 4.79 Å². The van der Waals surface area contributed by atoms with Crippen molar-refractivity contribution in [2.45, 2.75) is 19.0 Å². The number of carboxylic acid groups (broad SMARTS) is 1. The third kappa shape index (κ3) is 3.07. The van der Waals surface area contributed by atoms with E-state index in [2.05, 4.69) is 4.74 Å². The third-order valence-corrected chi connectivity index (χ3v) is 2.98. The van der Waals surface area contributed by atoms with Crippen LogP contribution in [-0.2, 0) is 4.79 Å². The van der Waals surface area contributed by atoms with E-state index in [1.165, 1.54) is 18.2 Å². The largest absolute Gasteiger partial charge is 0.481 e. The van der Waals surface area contributed by atoms with E-state index in [0.717, 1.165) is 6.07 Å². The smallest absolute Gasteiger partial charge is 0.387 e. The number of hydrogen-bond donors (Lipinski definition) is 1. The minimum Gasteiger partial charge on any atom is -0.481 e. The Bertz CT molecular complexity index is 658. The molecule has 0 aliphatic heterocycles. The molecular formula is C14H10F4O3. The molecule has 7 heteroatoms. The highest BCUT2D eigenvalue weighted by Gasteiger charge is 2.34. The maximum Gasteiger partial charge on any atom is 0.387 e. The fraction of sp³-hybridized carbons (Fsp3) is 0.214. The molecule has 2 aromatic carbocycles. The second-order valence-corrected chi connectivity index (χ2v) is 4.23. The van der Waals surface area contributed by atoms with Gasteiger partial charge in [-0.2, -0.15) is 8.78 Å². The van der Waals surface area contributed by atoms with Gasteiger partial charge in [-0.1, -0.05) is 30.3 Å². The number of rotatable bonds is 5. The second-order valence-electron chi connectivity index (χ2n) is 4.23. The highest BCUT2D eigenvalue weighted by molar-refractivity contribution is 5.93. The molecule has 21 heavy (non-hydrogen) atoms. The maximum absolute atomic E-state index is 13.1. The molecule has 3 nitrogen and oxygen atoms in total. The van der Waals surface area contributed by atoms with Crippen molar-refractivity contribution in [1.29, 1.82) is 0 Å². The quantitative estimate of drug-likeness (QED) is 0.853. The standard InChI is InChI=1S/C14H10F4O3/c15-12(16)11(13(19)20)10-8-4-2-1-3-7(8)5-6-9(10)21-14(17)18/h1-6,11-12,14H,(H,19,20). The number of carbonyl (C=O) groups is 1. The van der Waals surface area contributed by atoms with Crippen molar-refractivity contribution in [1.82, 2.24) is 0 Å². The van der Waals surface area contributed by atoms with Gasteiger partial charge in [0.2, 0.25) is 0 Å². The van der Waals surface area contributed by atoms with Gasteiger partial charge in [0.1, 0.15) is 11.7 Å². The average Bonchev–Trinajstić information content (AvgIpc) is 2.40. The Morgan fingerprint density at radius 3 is 2.29 bits per heavy atom. The molecule has 0 fully saturated rings. The summed E-state index contributed by atoms with van der Waals surface area (Å²) < 4.78 is 55.1. The van der Waals surface area contributed by atoms with Crippen LogP contribution in [0.1, 0.15) is 11.5 Å². The molecule has 0 radical (unpaired) electrons. The average molecular weight is 302 g/mol. The summed E-state index contributed by atoms with van der Waals surface area (Å²) in [6, 6.07) is 8.56. The summed E-state index contributed by atoms with van der Waals surface area (Å²) in [5.41, 5.74) is -0.448. The molecule has 1 unspecified atom stereocenters. The van der Waals surface area contributed by atoms with E-state index in [1.54, 1.807) is 12.1 Å². The van der Waals surface area contributed by atoms with Gasteiger partial charge in [-0.25, -0.2) is 8.78 Å². The molecule has 0 saturated heterocycles. The zero-order valence-corrected chi connectivity index (χ0v) is 10.5. The van der Waals surface area contributed by atoms with Gasteiger partial charge in [0.05, 0.1) is 0 Å². The number of alkyl halides is 4. The van der Waals surface area contributed by atoms with Crippen LogP contribution < -0.4 is 4.74 Å². The molecular weight excluding hydrogens is 292 g/mol. The fourth-order valence-electron chi connectivity index (χ4n) is 2.15. The molecule has 0 amide bonds. The topological polar surface area (TPSA) is 46.5 Å². The number of fused-ring (bicyclic) bond motifs is 1. The molecule has 1 N–H and O–H groups in total. The zero-order chi connectivity index (χ0) is 15.6. The van der Waals surface area contributed by atoms with E-state index in [-0.39, 0.29) is 5.39 Å². The Hall–Kier alpha value is -2.31. The number of hydrogen-bond acceptors (Lipinski definition) is 2. The number of halogens is 4. The van der Waals surface area contributed by atoms with Crippen molar-refractivity contribution in [3.8, 4) is 5.75 Å². The van der Waals surface area contributed by atoms with Gasteiger partial charge < -0.3 is 9.84 Å². The summed E-state index contributed by atoms with van der Waals surface area (Å²) in [6.45, 7) is -3.24. The van der Waals surface area contributed by atoms with Crippen LogP contribution in [0.15, 0.2) is 36.4 Å². The van der Waals surface area contributed by atoms with Crippen molar-refractivity contribution in [3.05, 3.63) is 42.0 Å². The van der Waals surface area contributed by atoms with E-state index in [1.807, 2.05) is 0 Å². The lowest BCUT2D eigenvalue weighted by atomic mass is 9.92. The summed E-state index contributed by atoms with van der Waals surface area (Å²) in [4.78, 5) is 11.1. The van der Waals surface area contributed by atoms with Crippen molar-refractivity contribution in [3.63, 3.8) is 0 Å². The van der Waals surface area contributed by atoms with Gasteiger partial charge in [0, 0.05) is 5.56 Å². The zero-order valence-electron chi connectivity index (χ0n) is 10.5. The van der Waals surface area contributed by atoms with Gasteiger partial charge in [-0.05, 0) is 16.8 Å². The van der Waals surface area contributed by atoms with Crippen LogP contribution in [0, 0.1) is 0 Å². The van der Waals surface area contributed by atoms with Crippen LogP contribution in [0.4, 0.5) is 17.6 Å². The predicted molar refractivity (Wildman–Crippen MR) is 67.0 cm³/mol. The van der Waals surface area contributed by atoms with E-state index in [0.29, 0.717) is 5.39 Å². The highest BCUT2D eigenvalue weighted by Crippen LogP contribution is 2.38. The molecule has 0 bridgehead atoms. The Labute approximate surface area is 116 Å². The van der Waals surface area contributed by atoms with Crippen LogP contribution in [0.25, 0.3) is 10.8 Å². The van der Waals surface area contributed by atoms with E-state index in [9.17, 15) is 22.4 Å². The van der Waals surface area contributed by atoms with Gasteiger partial charge in [-0.15, -0.1) is 0 Å². The van der Waals surface area contributed by atoms with Gasteiger partial charge in [0.15, 0.2) is 0 Å². The molecule has 0 aliphatic rings. The normalized spacial score (nSPS) is 12.9. The van der Waals surface area contributed by atoms with Crippen LogP contribution in [0.3, 0.4) is 0 Å². The van der Waals surface area contributed by atoms with E-state index >= 15 is 0 Å². The number of carboxylic acids is 1. The Kier molecular flexibility index (Phi) is 4.30. The van der Waals surface area contributed by atoms with Crippen molar-refractivity contribution in [2.75, 3.05) is 0 Å². The summed E-state index contributed by atoms with van der Waals surface area (Å²) in [6.07, 6.45) is -3.26. The lowest BCUT2D eigenvalue weighted by Gasteiger charge is -2.18. The molecule has 1 atom stereocenters. The molecule has 0 aromatic heterocycles. The van der Waals surface area contributed by atoms with Gasteiger partial charge >= 0.3 is 12.6 Å². The highest BCUT2D eigenvalue weighted by atomic mass is 19.3. The first-order chi connectivity index (χ1) is 9.91. The fourth-order valence-corrected chi connectivity index (χ4v) is 2.15. The molecule has 2 aromatic rings. The third-order valence-electron chi connectivity index (χ3n) is 2.98. The van der Waals surface area contributed by atoms with E-state index < -0.39 is 36.2 Å². The minimum atomic E-state index is -3.26. The lowest BCUT2D eigenvalue weighted by Crippen LogP contribution is -2.21. The maximum atomic E-state index is 13.1. The van der Waals surface area contributed by atoms with E-state index in [4.69, 9.17) is 5.11 Å². The lowest BCUT2D eigenvalue weighted by molar-refractivity contribution is -0.142. The Morgan fingerprint density at radius 2 is 1.71 bits per heavy atom. The van der Waals surface area contributed by atoms with Crippen molar-refractivity contribution in [2.24, 2.45) is 0 Å². The summed E-state index contributed by atoms with van der Waals surface area (Å²) in [7, 11) is 0. The summed E-state index contributed by atoms with van der Waals surface area (Å²) in [5, 5.41) is 9.59. The van der Waals surface area contributed by atoms with Crippen molar-refractivity contribution < 1.29 is 32.2 Å². The van der Waals surface area contributed by atoms with Crippen LogP contribution in [0.5, 0.6) is 5.75 Å².